The molecule has 1 aliphatic rings. The minimum absolute atomic E-state index is 0.573. The molecule has 94 valence electrons. The van der Waals surface area contributed by atoms with Crippen molar-refractivity contribution < 1.29 is 4.74 Å². The van der Waals surface area contributed by atoms with Crippen molar-refractivity contribution in [3.05, 3.63) is 23.9 Å². The van der Waals surface area contributed by atoms with Crippen LogP contribution in [0.15, 0.2) is 18.3 Å². The Morgan fingerprint density at radius 1 is 1.47 bits per heavy atom. The number of rotatable bonds is 7. The van der Waals surface area contributed by atoms with E-state index in [-0.39, 0.29) is 0 Å². The number of ether oxygens (including phenoxy) is 1. The summed E-state index contributed by atoms with van der Waals surface area (Å²) in [4.78, 5) is 6.32. The van der Waals surface area contributed by atoms with Crippen molar-refractivity contribution in [3.63, 3.8) is 0 Å². The average Bonchev–Trinajstić information content (AvgIpc) is 3.12. The highest BCUT2D eigenvalue weighted by atomic mass is 16.5. The number of hydrogen-bond donors (Lipinski definition) is 1. The Bertz CT molecular complexity index is 335. The van der Waals surface area contributed by atoms with Gasteiger partial charge in [0.1, 0.15) is 5.82 Å². The van der Waals surface area contributed by atoms with Gasteiger partial charge in [-0.3, -0.25) is 4.90 Å². The van der Waals surface area contributed by atoms with Crippen molar-refractivity contribution in [1.29, 1.82) is 0 Å². The standard InChI is InChI=1S/C13H21N3O/c1-16(6-7-17-10-11-2-3-11)9-12-4-5-13(14)15-8-12/h4-5,8,11H,2-3,6-7,9-10H2,1H3,(H2,14,15). The Balaban J connectivity index is 1.61. The van der Waals surface area contributed by atoms with Gasteiger partial charge in [0.15, 0.2) is 0 Å². The van der Waals surface area contributed by atoms with E-state index in [1.54, 1.807) is 0 Å². The maximum Gasteiger partial charge on any atom is 0.123 e. The minimum Gasteiger partial charge on any atom is -0.384 e. The fourth-order valence-electron chi connectivity index (χ4n) is 1.68. The number of anilines is 1. The number of aromatic nitrogens is 1. The topological polar surface area (TPSA) is 51.4 Å². The summed E-state index contributed by atoms with van der Waals surface area (Å²) in [5.41, 5.74) is 6.73. The minimum atomic E-state index is 0.573. The molecule has 0 radical (unpaired) electrons. The zero-order valence-electron chi connectivity index (χ0n) is 10.4. The first-order chi connectivity index (χ1) is 8.24. The van der Waals surface area contributed by atoms with Crippen LogP contribution in [0.5, 0.6) is 0 Å². The molecule has 4 heteroatoms. The lowest BCUT2D eigenvalue weighted by Gasteiger charge is -2.16. The average molecular weight is 235 g/mol. The zero-order chi connectivity index (χ0) is 12.1. The van der Waals surface area contributed by atoms with Crippen LogP contribution in [0.2, 0.25) is 0 Å². The van der Waals surface area contributed by atoms with Crippen molar-refractivity contribution >= 4 is 5.82 Å². The second-order valence-corrected chi connectivity index (χ2v) is 4.85. The summed E-state index contributed by atoms with van der Waals surface area (Å²) in [7, 11) is 2.09. The first-order valence-electron chi connectivity index (χ1n) is 6.21. The van der Waals surface area contributed by atoms with E-state index in [2.05, 4.69) is 16.9 Å². The van der Waals surface area contributed by atoms with Gasteiger partial charge in [0.25, 0.3) is 0 Å². The SMILES string of the molecule is CN(CCOCC1CC1)Cc1ccc(N)nc1. The van der Waals surface area contributed by atoms with E-state index >= 15 is 0 Å². The van der Waals surface area contributed by atoms with Gasteiger partial charge in [0.05, 0.1) is 6.61 Å². The van der Waals surface area contributed by atoms with E-state index < -0.39 is 0 Å². The van der Waals surface area contributed by atoms with Crippen LogP contribution >= 0.6 is 0 Å². The molecule has 0 aliphatic heterocycles. The quantitative estimate of drug-likeness (QED) is 0.728. The van der Waals surface area contributed by atoms with Gasteiger partial charge in [-0.1, -0.05) is 6.07 Å². The predicted molar refractivity (Wildman–Crippen MR) is 68.5 cm³/mol. The number of nitrogens with zero attached hydrogens (tertiary/aromatic N) is 2. The van der Waals surface area contributed by atoms with Gasteiger partial charge >= 0.3 is 0 Å². The number of nitrogens with two attached hydrogens (primary N) is 1. The summed E-state index contributed by atoms with van der Waals surface area (Å²) in [6, 6.07) is 3.86. The summed E-state index contributed by atoms with van der Waals surface area (Å²) < 4.78 is 5.61. The van der Waals surface area contributed by atoms with Crippen molar-refractivity contribution in [2.45, 2.75) is 19.4 Å². The van der Waals surface area contributed by atoms with Crippen molar-refractivity contribution in [2.75, 3.05) is 32.5 Å². The third-order valence-corrected chi connectivity index (χ3v) is 2.97. The molecule has 1 heterocycles. The lowest BCUT2D eigenvalue weighted by atomic mass is 10.2. The first kappa shape index (κ1) is 12.3. The van der Waals surface area contributed by atoms with E-state index in [1.807, 2.05) is 18.3 Å². The van der Waals surface area contributed by atoms with Crippen LogP contribution in [-0.4, -0.2) is 36.7 Å². The third kappa shape index (κ3) is 4.71. The number of nitrogen functional groups attached to an aromatic ring is 1. The number of hydrogen-bond acceptors (Lipinski definition) is 4. The summed E-state index contributed by atoms with van der Waals surface area (Å²) in [5, 5.41) is 0. The molecular formula is C13H21N3O. The van der Waals surface area contributed by atoms with Gasteiger partial charge in [-0.15, -0.1) is 0 Å². The van der Waals surface area contributed by atoms with Gasteiger partial charge in [-0.2, -0.15) is 0 Å². The molecule has 0 spiro atoms. The highest BCUT2D eigenvalue weighted by molar-refractivity contribution is 5.29. The van der Waals surface area contributed by atoms with Crippen LogP contribution in [0.1, 0.15) is 18.4 Å². The van der Waals surface area contributed by atoms with Gasteiger partial charge in [0, 0.05) is 25.9 Å². The normalized spacial score (nSPS) is 15.4. The molecule has 2 rings (SSSR count). The van der Waals surface area contributed by atoms with E-state index in [0.717, 1.165) is 32.2 Å². The van der Waals surface area contributed by atoms with E-state index in [4.69, 9.17) is 10.5 Å². The largest absolute Gasteiger partial charge is 0.384 e. The predicted octanol–water partition coefficient (Wildman–Crippen LogP) is 1.52. The molecule has 1 aromatic rings. The molecule has 1 aliphatic carbocycles. The molecule has 1 fully saturated rings. The van der Waals surface area contributed by atoms with E-state index in [0.29, 0.717) is 5.82 Å². The Morgan fingerprint density at radius 3 is 2.94 bits per heavy atom. The molecule has 0 amide bonds. The molecule has 4 nitrogen and oxygen atoms in total. The van der Waals surface area contributed by atoms with Crippen LogP contribution in [0, 0.1) is 5.92 Å². The van der Waals surface area contributed by atoms with Crippen molar-refractivity contribution in [2.24, 2.45) is 5.92 Å². The van der Waals surface area contributed by atoms with Gasteiger partial charge in [-0.25, -0.2) is 4.98 Å². The fourth-order valence-corrected chi connectivity index (χ4v) is 1.68. The zero-order valence-corrected chi connectivity index (χ0v) is 10.4. The summed E-state index contributed by atoms with van der Waals surface area (Å²) >= 11 is 0. The summed E-state index contributed by atoms with van der Waals surface area (Å²) in [6.07, 6.45) is 4.54. The molecule has 2 N–H and O–H groups in total. The Kier molecular flexibility index (Phi) is 4.34. The maximum atomic E-state index is 5.61. The highest BCUT2D eigenvalue weighted by Gasteiger charge is 2.20. The molecule has 0 unspecified atom stereocenters. The number of pyridine rings is 1. The van der Waals surface area contributed by atoms with Crippen LogP contribution in [0.3, 0.4) is 0 Å². The molecule has 1 saturated carbocycles. The fraction of sp³-hybridized carbons (Fsp3) is 0.615. The highest BCUT2D eigenvalue weighted by Crippen LogP contribution is 2.28. The maximum absolute atomic E-state index is 5.61. The Morgan fingerprint density at radius 2 is 2.29 bits per heavy atom. The van der Waals surface area contributed by atoms with E-state index in [1.165, 1.54) is 18.4 Å². The van der Waals surface area contributed by atoms with Crippen LogP contribution in [0.4, 0.5) is 5.82 Å². The van der Waals surface area contributed by atoms with Crippen LogP contribution in [0.25, 0.3) is 0 Å². The third-order valence-electron chi connectivity index (χ3n) is 2.97. The van der Waals surface area contributed by atoms with Crippen LogP contribution in [-0.2, 0) is 11.3 Å². The Hall–Kier alpha value is -1.13. The van der Waals surface area contributed by atoms with Gasteiger partial charge in [0.2, 0.25) is 0 Å². The first-order valence-corrected chi connectivity index (χ1v) is 6.21. The molecule has 17 heavy (non-hydrogen) atoms. The Labute approximate surface area is 103 Å². The molecule has 0 bridgehead atoms. The van der Waals surface area contributed by atoms with Gasteiger partial charge in [-0.05, 0) is 37.4 Å². The lowest BCUT2D eigenvalue weighted by molar-refractivity contribution is 0.102. The van der Waals surface area contributed by atoms with Gasteiger partial charge < -0.3 is 10.5 Å². The second kappa shape index (κ2) is 5.98. The summed E-state index contributed by atoms with van der Waals surface area (Å²) in [6.45, 7) is 3.60. The molecule has 0 aromatic carbocycles. The van der Waals surface area contributed by atoms with Crippen molar-refractivity contribution in [3.8, 4) is 0 Å². The summed E-state index contributed by atoms with van der Waals surface area (Å²) in [5.74, 6) is 1.42. The molecule has 0 saturated heterocycles. The van der Waals surface area contributed by atoms with Crippen LogP contribution < -0.4 is 5.73 Å². The lowest BCUT2D eigenvalue weighted by Crippen LogP contribution is -2.23. The second-order valence-electron chi connectivity index (χ2n) is 4.85. The smallest absolute Gasteiger partial charge is 0.123 e. The molecule has 1 aromatic heterocycles. The van der Waals surface area contributed by atoms with E-state index in [9.17, 15) is 0 Å². The molecular weight excluding hydrogens is 214 g/mol. The monoisotopic (exact) mass is 235 g/mol. The van der Waals surface area contributed by atoms with Crippen molar-refractivity contribution in [1.82, 2.24) is 9.88 Å². The molecule has 0 atom stereocenters. The number of likely N-dealkylation sites (N-methyl/N-ethyl adjacent to an activating group) is 1.